The molecule has 0 fully saturated rings. The number of carbonyl (C=O) groups excluding carboxylic acids is 1. The third kappa shape index (κ3) is 3.32. The molecule has 4 heteroatoms. The molecule has 1 unspecified atom stereocenters. The molecule has 0 aliphatic carbocycles. The zero-order valence-corrected chi connectivity index (χ0v) is 11.3. The van der Waals surface area contributed by atoms with Gasteiger partial charge in [-0.25, -0.2) is 0 Å². The van der Waals surface area contributed by atoms with Gasteiger partial charge in [-0.2, -0.15) is 0 Å². The first-order valence-electron chi connectivity index (χ1n) is 5.93. The van der Waals surface area contributed by atoms with Crippen molar-refractivity contribution in [1.29, 1.82) is 0 Å². The fourth-order valence-corrected chi connectivity index (χ4v) is 2.22. The highest BCUT2D eigenvalue weighted by atomic mass is 35.5. The molecule has 98 valence electrons. The summed E-state index contributed by atoms with van der Waals surface area (Å²) in [7, 11) is 1.58. The summed E-state index contributed by atoms with van der Waals surface area (Å²) in [4.78, 5) is 15.8. The van der Waals surface area contributed by atoms with Gasteiger partial charge in [0.15, 0.2) is 0 Å². The van der Waals surface area contributed by atoms with Crippen LogP contribution in [0.25, 0.3) is 0 Å². The molecule has 3 nitrogen and oxygen atoms in total. The maximum Gasteiger partial charge on any atom is 0.229 e. The number of carbonyl (C=O) groups is 1. The number of nitrogens with zero attached hydrogens (tertiary/aromatic N) is 1. The van der Waals surface area contributed by atoms with Crippen molar-refractivity contribution in [3.8, 4) is 5.75 Å². The van der Waals surface area contributed by atoms with Crippen LogP contribution in [0.1, 0.15) is 17.0 Å². The Morgan fingerprint density at radius 3 is 2.74 bits per heavy atom. The van der Waals surface area contributed by atoms with Crippen LogP contribution in [0.5, 0.6) is 5.75 Å². The normalized spacial score (nSPS) is 11.9. The first kappa shape index (κ1) is 13.6. The summed E-state index contributed by atoms with van der Waals surface area (Å²) in [5.74, 6) is 0.243. The largest absolute Gasteiger partial charge is 0.496 e. The highest BCUT2D eigenvalue weighted by molar-refractivity contribution is 6.64. The maximum atomic E-state index is 11.7. The SMILES string of the molecule is COc1ccccc1C(Cc1cccnc1)C(=O)Cl. The van der Waals surface area contributed by atoms with Gasteiger partial charge in [0.05, 0.1) is 13.0 Å². The molecule has 0 spiro atoms. The summed E-state index contributed by atoms with van der Waals surface area (Å²) < 4.78 is 5.29. The molecule has 1 aromatic carbocycles. The van der Waals surface area contributed by atoms with E-state index in [-0.39, 0.29) is 0 Å². The molecule has 2 aromatic rings. The van der Waals surface area contributed by atoms with Crippen molar-refractivity contribution in [3.05, 3.63) is 59.9 Å². The van der Waals surface area contributed by atoms with Gasteiger partial charge in [-0.3, -0.25) is 9.78 Å². The maximum absolute atomic E-state index is 11.7. The van der Waals surface area contributed by atoms with Gasteiger partial charge in [0, 0.05) is 18.0 Å². The molecular formula is C15H14ClNO2. The monoisotopic (exact) mass is 275 g/mol. The second kappa shape index (κ2) is 6.34. The van der Waals surface area contributed by atoms with Crippen LogP contribution in [0.4, 0.5) is 0 Å². The third-order valence-corrected chi connectivity index (χ3v) is 3.21. The lowest BCUT2D eigenvalue weighted by molar-refractivity contribution is -0.113. The van der Waals surface area contributed by atoms with E-state index in [1.54, 1.807) is 19.5 Å². The third-order valence-electron chi connectivity index (χ3n) is 2.95. The number of hydrogen-bond donors (Lipinski definition) is 0. The number of rotatable bonds is 5. The topological polar surface area (TPSA) is 39.2 Å². The van der Waals surface area contributed by atoms with Gasteiger partial charge < -0.3 is 4.74 Å². The van der Waals surface area contributed by atoms with Crippen LogP contribution in [0.15, 0.2) is 48.8 Å². The molecule has 0 bridgehead atoms. The second-order valence-electron chi connectivity index (χ2n) is 4.16. The number of hydrogen-bond acceptors (Lipinski definition) is 3. The van der Waals surface area contributed by atoms with Crippen LogP contribution in [0.2, 0.25) is 0 Å². The van der Waals surface area contributed by atoms with Crippen molar-refractivity contribution in [3.63, 3.8) is 0 Å². The summed E-state index contributed by atoms with van der Waals surface area (Å²) in [5.41, 5.74) is 1.77. The molecule has 1 aromatic heterocycles. The van der Waals surface area contributed by atoms with E-state index in [4.69, 9.17) is 16.3 Å². The van der Waals surface area contributed by atoms with E-state index in [1.165, 1.54) is 0 Å². The lowest BCUT2D eigenvalue weighted by Crippen LogP contribution is -2.11. The first-order valence-corrected chi connectivity index (χ1v) is 6.31. The molecule has 0 aliphatic heterocycles. The summed E-state index contributed by atoms with van der Waals surface area (Å²) in [6.07, 6.45) is 3.95. The number of methoxy groups -OCH3 is 1. The van der Waals surface area contributed by atoms with Gasteiger partial charge in [-0.15, -0.1) is 0 Å². The van der Waals surface area contributed by atoms with Crippen molar-refractivity contribution in [2.45, 2.75) is 12.3 Å². The van der Waals surface area contributed by atoms with Gasteiger partial charge in [0.2, 0.25) is 5.24 Å². The van der Waals surface area contributed by atoms with E-state index in [0.29, 0.717) is 12.2 Å². The number of aromatic nitrogens is 1. The Morgan fingerprint density at radius 1 is 1.32 bits per heavy atom. The lowest BCUT2D eigenvalue weighted by Gasteiger charge is -2.16. The molecule has 0 radical (unpaired) electrons. The average Bonchev–Trinajstić information content (AvgIpc) is 2.45. The highest BCUT2D eigenvalue weighted by Gasteiger charge is 2.22. The number of pyridine rings is 1. The summed E-state index contributed by atoms with van der Waals surface area (Å²) in [6.45, 7) is 0. The molecule has 0 saturated heterocycles. The van der Waals surface area contributed by atoms with E-state index < -0.39 is 11.2 Å². The minimum atomic E-state index is -0.429. The Kier molecular flexibility index (Phi) is 4.53. The quantitative estimate of drug-likeness (QED) is 0.787. The molecule has 1 heterocycles. The van der Waals surface area contributed by atoms with Gasteiger partial charge in [0.1, 0.15) is 5.75 Å². The minimum absolute atomic E-state index is 0.395. The van der Waals surface area contributed by atoms with Crippen molar-refractivity contribution < 1.29 is 9.53 Å². The molecule has 2 rings (SSSR count). The first-order chi connectivity index (χ1) is 9.22. The van der Waals surface area contributed by atoms with Crippen LogP contribution in [-0.2, 0) is 11.2 Å². The van der Waals surface area contributed by atoms with Crippen molar-refractivity contribution in [2.24, 2.45) is 0 Å². The number of halogens is 1. The summed E-state index contributed by atoms with van der Waals surface area (Å²) in [6, 6.07) is 11.2. The number of benzene rings is 1. The van der Waals surface area contributed by atoms with E-state index in [2.05, 4.69) is 4.98 Å². The van der Waals surface area contributed by atoms with Crippen LogP contribution in [-0.4, -0.2) is 17.3 Å². The van der Waals surface area contributed by atoms with Gasteiger partial charge in [-0.1, -0.05) is 24.3 Å². The molecule has 0 amide bonds. The standard InChI is InChI=1S/C15H14ClNO2/c1-19-14-7-3-2-6-12(14)13(15(16)18)9-11-5-4-8-17-10-11/h2-8,10,13H,9H2,1H3. The van der Waals surface area contributed by atoms with E-state index >= 15 is 0 Å². The Hall–Kier alpha value is -1.87. The number of para-hydroxylation sites is 1. The molecule has 0 aliphatic rings. The fraction of sp³-hybridized carbons (Fsp3) is 0.200. The Labute approximate surface area is 117 Å². The molecule has 19 heavy (non-hydrogen) atoms. The van der Waals surface area contributed by atoms with E-state index in [0.717, 1.165) is 11.1 Å². The molecule has 1 atom stereocenters. The zero-order chi connectivity index (χ0) is 13.7. The molecular weight excluding hydrogens is 262 g/mol. The van der Waals surface area contributed by atoms with Crippen molar-refractivity contribution in [2.75, 3.05) is 7.11 Å². The van der Waals surface area contributed by atoms with Crippen molar-refractivity contribution >= 4 is 16.8 Å². The molecule has 0 saturated carbocycles. The van der Waals surface area contributed by atoms with Crippen LogP contribution in [0.3, 0.4) is 0 Å². The van der Waals surface area contributed by atoms with E-state index in [9.17, 15) is 4.79 Å². The minimum Gasteiger partial charge on any atom is -0.496 e. The Balaban J connectivity index is 2.33. The van der Waals surface area contributed by atoms with Gasteiger partial charge in [-0.05, 0) is 35.7 Å². The summed E-state index contributed by atoms with van der Waals surface area (Å²) in [5, 5.41) is -0.395. The second-order valence-corrected chi connectivity index (χ2v) is 4.54. The average molecular weight is 276 g/mol. The fourth-order valence-electron chi connectivity index (χ4n) is 2.02. The molecule has 0 N–H and O–H groups in total. The smallest absolute Gasteiger partial charge is 0.229 e. The predicted octanol–water partition coefficient (Wildman–Crippen LogP) is 3.18. The van der Waals surface area contributed by atoms with Crippen molar-refractivity contribution in [1.82, 2.24) is 4.98 Å². The Bertz CT molecular complexity index is 557. The number of ether oxygens (including phenoxy) is 1. The van der Waals surface area contributed by atoms with Crippen LogP contribution >= 0.6 is 11.6 Å². The summed E-state index contributed by atoms with van der Waals surface area (Å²) >= 11 is 5.74. The van der Waals surface area contributed by atoms with Crippen LogP contribution < -0.4 is 4.74 Å². The Morgan fingerprint density at radius 2 is 2.11 bits per heavy atom. The predicted molar refractivity (Wildman–Crippen MR) is 74.5 cm³/mol. The van der Waals surface area contributed by atoms with Crippen LogP contribution in [0, 0.1) is 0 Å². The lowest BCUT2D eigenvalue weighted by atomic mass is 9.93. The highest BCUT2D eigenvalue weighted by Crippen LogP contribution is 2.30. The zero-order valence-electron chi connectivity index (χ0n) is 10.5. The van der Waals surface area contributed by atoms with Gasteiger partial charge >= 0.3 is 0 Å². The van der Waals surface area contributed by atoms with E-state index in [1.807, 2.05) is 36.4 Å². The van der Waals surface area contributed by atoms with Gasteiger partial charge in [0.25, 0.3) is 0 Å².